The molecule has 0 aliphatic carbocycles. The van der Waals surface area contributed by atoms with Crippen molar-refractivity contribution in [3.63, 3.8) is 0 Å². The van der Waals surface area contributed by atoms with Crippen molar-refractivity contribution in [2.24, 2.45) is 0 Å². The molecule has 0 fully saturated rings. The third-order valence-corrected chi connectivity index (χ3v) is 2.40. The quantitative estimate of drug-likeness (QED) is 0.875. The number of rotatable bonds is 4. The first kappa shape index (κ1) is 12.0. The van der Waals surface area contributed by atoms with Crippen LogP contribution in [0, 0.1) is 0 Å². The second-order valence-electron chi connectivity index (χ2n) is 3.33. The molecule has 0 radical (unpaired) electrons. The lowest BCUT2D eigenvalue weighted by molar-refractivity contribution is 0.325. The molecule has 0 atom stereocenters. The van der Waals surface area contributed by atoms with Crippen LogP contribution in [0.5, 0.6) is 17.2 Å². The van der Waals surface area contributed by atoms with Gasteiger partial charge in [-0.25, -0.2) is 4.79 Å². The monoisotopic (exact) mass is 252 g/mol. The van der Waals surface area contributed by atoms with E-state index in [1.807, 2.05) is 0 Å². The predicted octanol–water partition coefficient (Wildman–Crippen LogP) is 1.06. The minimum Gasteiger partial charge on any atom is -0.493 e. The number of aromatic nitrogens is 2. The summed E-state index contributed by atoms with van der Waals surface area (Å²) in [6.07, 6.45) is 0. The Hall–Kier alpha value is -2.44. The van der Waals surface area contributed by atoms with Crippen LogP contribution < -0.4 is 20.0 Å². The first-order valence-electron chi connectivity index (χ1n) is 5.06. The third-order valence-electron chi connectivity index (χ3n) is 2.40. The highest BCUT2D eigenvalue weighted by atomic mass is 16.5. The van der Waals surface area contributed by atoms with Crippen molar-refractivity contribution in [2.45, 2.75) is 0 Å². The summed E-state index contributed by atoms with van der Waals surface area (Å²) in [5.41, 5.74) is 0.543. The fraction of sp³-hybridized carbons (Fsp3) is 0.273. The number of hydrogen-bond acceptors (Lipinski definition) is 6. The summed E-state index contributed by atoms with van der Waals surface area (Å²) in [6.45, 7) is 0. The molecule has 0 aliphatic heterocycles. The lowest BCUT2D eigenvalue weighted by atomic mass is 10.1. The minimum absolute atomic E-state index is 0.262. The molecule has 2 rings (SSSR count). The van der Waals surface area contributed by atoms with Gasteiger partial charge in [-0.05, 0) is 12.1 Å². The smallest absolute Gasteiger partial charge is 0.439 e. The van der Waals surface area contributed by atoms with Gasteiger partial charge in [-0.2, -0.15) is 0 Å². The molecule has 1 aromatic carbocycles. The van der Waals surface area contributed by atoms with Crippen molar-refractivity contribution in [3.05, 3.63) is 22.7 Å². The first-order chi connectivity index (χ1) is 8.71. The van der Waals surface area contributed by atoms with Crippen LogP contribution in [-0.2, 0) is 0 Å². The largest absolute Gasteiger partial charge is 0.493 e. The van der Waals surface area contributed by atoms with Crippen LogP contribution in [-0.4, -0.2) is 31.5 Å². The molecular weight excluding hydrogens is 240 g/mol. The molecule has 0 unspecified atom stereocenters. The number of benzene rings is 1. The molecule has 0 spiro atoms. The Bertz CT molecular complexity index is 602. The van der Waals surface area contributed by atoms with Crippen LogP contribution in [0.25, 0.3) is 11.4 Å². The molecule has 18 heavy (non-hydrogen) atoms. The van der Waals surface area contributed by atoms with Crippen LogP contribution in [0.1, 0.15) is 0 Å². The number of nitrogens with one attached hydrogen (secondary N) is 1. The summed E-state index contributed by atoms with van der Waals surface area (Å²) in [5, 5.41) is 3.61. The summed E-state index contributed by atoms with van der Waals surface area (Å²) >= 11 is 0. The zero-order chi connectivity index (χ0) is 13.1. The zero-order valence-electron chi connectivity index (χ0n) is 10.1. The molecule has 0 saturated carbocycles. The number of methoxy groups -OCH3 is 3. The molecule has 0 saturated heterocycles. The predicted molar refractivity (Wildman–Crippen MR) is 62.2 cm³/mol. The van der Waals surface area contributed by atoms with E-state index in [0.717, 1.165) is 0 Å². The van der Waals surface area contributed by atoms with E-state index in [0.29, 0.717) is 22.8 Å². The van der Waals surface area contributed by atoms with Crippen molar-refractivity contribution in [2.75, 3.05) is 21.3 Å². The molecular formula is C11H12N2O5. The average Bonchev–Trinajstić information content (AvgIpc) is 2.83. The van der Waals surface area contributed by atoms with Crippen molar-refractivity contribution < 1.29 is 18.7 Å². The second-order valence-corrected chi connectivity index (χ2v) is 3.33. The van der Waals surface area contributed by atoms with E-state index < -0.39 is 5.76 Å². The van der Waals surface area contributed by atoms with Gasteiger partial charge in [0.15, 0.2) is 17.3 Å². The highest BCUT2D eigenvalue weighted by molar-refractivity contribution is 5.71. The number of ether oxygens (including phenoxy) is 3. The van der Waals surface area contributed by atoms with Gasteiger partial charge >= 0.3 is 5.76 Å². The van der Waals surface area contributed by atoms with Crippen LogP contribution in [0.2, 0.25) is 0 Å². The molecule has 1 heterocycles. The number of aromatic amines is 1. The van der Waals surface area contributed by atoms with Crippen molar-refractivity contribution in [1.82, 2.24) is 10.1 Å². The molecule has 1 N–H and O–H groups in total. The molecule has 96 valence electrons. The normalized spacial score (nSPS) is 10.2. The summed E-state index contributed by atoms with van der Waals surface area (Å²) < 4.78 is 20.1. The molecule has 1 aromatic heterocycles. The van der Waals surface area contributed by atoms with Gasteiger partial charge in [-0.1, -0.05) is 5.16 Å². The van der Waals surface area contributed by atoms with Gasteiger partial charge in [-0.15, -0.1) is 0 Å². The van der Waals surface area contributed by atoms with Gasteiger partial charge in [0.2, 0.25) is 5.75 Å². The van der Waals surface area contributed by atoms with E-state index in [1.165, 1.54) is 21.3 Å². The standard InChI is InChI=1S/C11H12N2O5/c1-15-7-5-4-6(8(16-2)9(7)17-3)10-12-11(14)18-13-10/h4-5H,1-3H3,(H,12,13,14). The summed E-state index contributed by atoms with van der Waals surface area (Å²) in [6, 6.07) is 3.37. The average molecular weight is 252 g/mol. The minimum atomic E-state index is -0.637. The maximum absolute atomic E-state index is 11.0. The number of nitrogens with zero attached hydrogens (tertiary/aromatic N) is 1. The van der Waals surface area contributed by atoms with Crippen LogP contribution in [0.4, 0.5) is 0 Å². The maximum atomic E-state index is 11.0. The molecule has 2 aromatic rings. The SMILES string of the molecule is COc1ccc(-c2noc(=O)[nH]2)c(OC)c1OC. The Labute approximate surface area is 102 Å². The van der Waals surface area contributed by atoms with Crippen molar-refractivity contribution in [1.29, 1.82) is 0 Å². The lowest BCUT2D eigenvalue weighted by Crippen LogP contribution is -1.99. The maximum Gasteiger partial charge on any atom is 0.439 e. The zero-order valence-corrected chi connectivity index (χ0v) is 10.1. The Morgan fingerprint density at radius 2 is 1.83 bits per heavy atom. The molecule has 0 aliphatic rings. The Morgan fingerprint density at radius 3 is 2.33 bits per heavy atom. The molecule has 0 amide bonds. The van der Waals surface area contributed by atoms with Gasteiger partial charge in [-0.3, -0.25) is 9.51 Å². The molecule has 0 bridgehead atoms. The Morgan fingerprint density at radius 1 is 1.11 bits per heavy atom. The molecule has 7 nitrogen and oxygen atoms in total. The van der Waals surface area contributed by atoms with Crippen LogP contribution in [0.15, 0.2) is 21.5 Å². The van der Waals surface area contributed by atoms with Gasteiger partial charge in [0.1, 0.15) is 0 Å². The second kappa shape index (κ2) is 4.82. The topological polar surface area (TPSA) is 86.6 Å². The van der Waals surface area contributed by atoms with Gasteiger partial charge in [0, 0.05) is 0 Å². The molecule has 7 heteroatoms. The van der Waals surface area contributed by atoms with Crippen LogP contribution >= 0.6 is 0 Å². The van der Waals surface area contributed by atoms with Gasteiger partial charge in [0.25, 0.3) is 0 Å². The van der Waals surface area contributed by atoms with Crippen molar-refractivity contribution in [3.8, 4) is 28.6 Å². The van der Waals surface area contributed by atoms with E-state index in [-0.39, 0.29) is 5.82 Å². The number of hydrogen-bond donors (Lipinski definition) is 1. The fourth-order valence-corrected chi connectivity index (χ4v) is 1.63. The summed E-state index contributed by atoms with van der Waals surface area (Å²) in [4.78, 5) is 13.4. The van der Waals surface area contributed by atoms with Crippen LogP contribution in [0.3, 0.4) is 0 Å². The third kappa shape index (κ3) is 1.90. The summed E-state index contributed by atoms with van der Waals surface area (Å²) in [7, 11) is 4.50. The first-order valence-corrected chi connectivity index (χ1v) is 5.06. The number of H-pyrrole nitrogens is 1. The lowest BCUT2D eigenvalue weighted by Gasteiger charge is -2.14. The van der Waals surface area contributed by atoms with E-state index in [9.17, 15) is 4.79 Å². The van der Waals surface area contributed by atoms with E-state index >= 15 is 0 Å². The highest BCUT2D eigenvalue weighted by Gasteiger charge is 2.19. The van der Waals surface area contributed by atoms with E-state index in [2.05, 4.69) is 14.7 Å². The Kier molecular flexibility index (Phi) is 3.22. The van der Waals surface area contributed by atoms with E-state index in [4.69, 9.17) is 14.2 Å². The summed E-state index contributed by atoms with van der Waals surface area (Å²) in [5.74, 6) is 0.964. The van der Waals surface area contributed by atoms with E-state index in [1.54, 1.807) is 12.1 Å². The highest BCUT2D eigenvalue weighted by Crippen LogP contribution is 2.42. The van der Waals surface area contributed by atoms with Crippen molar-refractivity contribution >= 4 is 0 Å². The fourth-order valence-electron chi connectivity index (χ4n) is 1.63. The van der Waals surface area contributed by atoms with Gasteiger partial charge < -0.3 is 14.2 Å². The Balaban J connectivity index is 2.65. The van der Waals surface area contributed by atoms with Gasteiger partial charge in [0.05, 0.1) is 26.9 Å².